The van der Waals surface area contributed by atoms with E-state index in [0.29, 0.717) is 4.90 Å². The van der Waals surface area contributed by atoms with Crippen LogP contribution in [0.5, 0.6) is 5.75 Å². The molecular weight excluding hydrogens is 285 g/mol. The maximum atomic E-state index is 13.7. The first-order valence-electron chi connectivity index (χ1n) is 7.09. The summed E-state index contributed by atoms with van der Waals surface area (Å²) < 4.78 is 19.5. The summed E-state index contributed by atoms with van der Waals surface area (Å²) in [5, 5.41) is 3.31. The average molecular weight is 303 g/mol. The van der Waals surface area contributed by atoms with E-state index in [-0.39, 0.29) is 11.9 Å². The predicted octanol–water partition coefficient (Wildman–Crippen LogP) is 3.81. The Kier molecular flexibility index (Phi) is 4.46. The van der Waals surface area contributed by atoms with E-state index < -0.39 is 0 Å². The molecule has 0 bridgehead atoms. The van der Waals surface area contributed by atoms with Crippen molar-refractivity contribution in [2.45, 2.75) is 17.4 Å². The summed E-state index contributed by atoms with van der Waals surface area (Å²) in [4.78, 5) is 0.686. The molecule has 0 fully saturated rings. The van der Waals surface area contributed by atoms with Crippen LogP contribution in [0, 0.1) is 5.82 Å². The normalized spacial score (nSPS) is 14.6. The van der Waals surface area contributed by atoms with Crippen molar-refractivity contribution in [3.05, 3.63) is 59.4 Å². The molecular formula is C17H18FNOS. The summed E-state index contributed by atoms with van der Waals surface area (Å²) in [6.07, 6.45) is 0.972. The Balaban J connectivity index is 1.77. The molecule has 0 saturated carbocycles. The Hall–Kier alpha value is -1.52. The zero-order valence-corrected chi connectivity index (χ0v) is 12.8. The molecule has 4 heteroatoms. The third-order valence-electron chi connectivity index (χ3n) is 3.71. The van der Waals surface area contributed by atoms with Gasteiger partial charge in [0.1, 0.15) is 11.6 Å². The standard InChI is InChI=1S/C17H18FNOS/c1-19-15(11-21-16-8-3-2-7-14(16)18)13-6-4-5-12-9-10-20-17(12)13/h2-8,15,19H,9-11H2,1H3. The Labute approximate surface area is 128 Å². The van der Waals surface area contributed by atoms with Gasteiger partial charge >= 0.3 is 0 Å². The summed E-state index contributed by atoms with van der Waals surface area (Å²) in [5.74, 6) is 1.61. The maximum Gasteiger partial charge on any atom is 0.136 e. The fourth-order valence-corrected chi connectivity index (χ4v) is 3.65. The number of para-hydroxylation sites is 1. The summed E-state index contributed by atoms with van der Waals surface area (Å²) in [5.41, 5.74) is 2.43. The zero-order chi connectivity index (χ0) is 14.7. The molecule has 1 aliphatic rings. The Morgan fingerprint density at radius 2 is 2.10 bits per heavy atom. The van der Waals surface area contributed by atoms with Crippen molar-refractivity contribution in [2.75, 3.05) is 19.4 Å². The third kappa shape index (κ3) is 3.06. The number of benzene rings is 2. The molecule has 0 amide bonds. The first-order chi connectivity index (χ1) is 10.3. The van der Waals surface area contributed by atoms with Crippen LogP contribution >= 0.6 is 11.8 Å². The zero-order valence-electron chi connectivity index (χ0n) is 11.9. The molecule has 1 atom stereocenters. The highest BCUT2D eigenvalue weighted by Crippen LogP contribution is 2.35. The van der Waals surface area contributed by atoms with Gasteiger partial charge in [0.15, 0.2) is 0 Å². The molecule has 21 heavy (non-hydrogen) atoms. The highest BCUT2D eigenvalue weighted by atomic mass is 32.2. The SMILES string of the molecule is CNC(CSc1ccccc1F)c1cccc2c1OCC2. The average Bonchev–Trinajstić information content (AvgIpc) is 2.98. The predicted molar refractivity (Wildman–Crippen MR) is 84.6 cm³/mol. The number of hydrogen-bond donors (Lipinski definition) is 1. The van der Waals surface area contributed by atoms with Gasteiger partial charge in [-0.05, 0) is 24.7 Å². The topological polar surface area (TPSA) is 21.3 Å². The van der Waals surface area contributed by atoms with Crippen molar-refractivity contribution in [1.29, 1.82) is 0 Å². The number of ether oxygens (including phenoxy) is 1. The lowest BCUT2D eigenvalue weighted by molar-refractivity contribution is 0.350. The van der Waals surface area contributed by atoms with Gasteiger partial charge in [-0.15, -0.1) is 11.8 Å². The summed E-state index contributed by atoms with van der Waals surface area (Å²) in [6.45, 7) is 0.753. The number of nitrogens with one attached hydrogen (secondary N) is 1. The first kappa shape index (κ1) is 14.4. The van der Waals surface area contributed by atoms with E-state index in [9.17, 15) is 4.39 Å². The van der Waals surface area contributed by atoms with E-state index in [1.807, 2.05) is 19.2 Å². The van der Waals surface area contributed by atoms with Gasteiger partial charge in [0, 0.05) is 28.7 Å². The van der Waals surface area contributed by atoms with E-state index in [1.54, 1.807) is 6.07 Å². The lowest BCUT2D eigenvalue weighted by Crippen LogP contribution is -2.19. The Morgan fingerprint density at radius 1 is 1.24 bits per heavy atom. The van der Waals surface area contributed by atoms with Crippen molar-refractivity contribution in [3.63, 3.8) is 0 Å². The van der Waals surface area contributed by atoms with Crippen LogP contribution in [-0.4, -0.2) is 19.4 Å². The van der Waals surface area contributed by atoms with Crippen LogP contribution in [0.1, 0.15) is 17.2 Å². The minimum Gasteiger partial charge on any atom is -0.493 e. The largest absolute Gasteiger partial charge is 0.493 e. The van der Waals surface area contributed by atoms with Crippen molar-refractivity contribution in [3.8, 4) is 5.75 Å². The molecule has 0 spiro atoms. The molecule has 0 aromatic heterocycles. The molecule has 3 rings (SSSR count). The fourth-order valence-electron chi connectivity index (χ4n) is 2.58. The maximum absolute atomic E-state index is 13.7. The number of rotatable bonds is 5. The van der Waals surface area contributed by atoms with Gasteiger partial charge in [-0.2, -0.15) is 0 Å². The lowest BCUT2D eigenvalue weighted by Gasteiger charge is -2.19. The highest BCUT2D eigenvalue weighted by Gasteiger charge is 2.21. The molecule has 1 N–H and O–H groups in total. The van der Waals surface area contributed by atoms with Crippen LogP contribution in [0.3, 0.4) is 0 Å². The minimum absolute atomic E-state index is 0.141. The summed E-state index contributed by atoms with van der Waals surface area (Å²) in [7, 11) is 1.93. The number of hydrogen-bond acceptors (Lipinski definition) is 3. The van der Waals surface area contributed by atoms with Gasteiger partial charge in [0.2, 0.25) is 0 Å². The van der Waals surface area contributed by atoms with Crippen molar-refractivity contribution < 1.29 is 9.13 Å². The van der Waals surface area contributed by atoms with Crippen LogP contribution < -0.4 is 10.1 Å². The molecule has 2 nitrogen and oxygen atoms in total. The Morgan fingerprint density at radius 3 is 2.90 bits per heavy atom. The van der Waals surface area contributed by atoms with Gasteiger partial charge in [-0.3, -0.25) is 0 Å². The van der Waals surface area contributed by atoms with Crippen LogP contribution in [-0.2, 0) is 6.42 Å². The second kappa shape index (κ2) is 6.50. The molecule has 0 radical (unpaired) electrons. The van der Waals surface area contributed by atoms with Crippen LogP contribution in [0.2, 0.25) is 0 Å². The van der Waals surface area contributed by atoms with E-state index in [1.165, 1.54) is 23.4 Å². The van der Waals surface area contributed by atoms with E-state index in [0.717, 1.165) is 30.1 Å². The Bertz CT molecular complexity index is 632. The smallest absolute Gasteiger partial charge is 0.136 e. The van der Waals surface area contributed by atoms with Gasteiger partial charge in [-0.1, -0.05) is 30.3 Å². The monoisotopic (exact) mass is 303 g/mol. The molecule has 1 unspecified atom stereocenters. The third-order valence-corrected chi connectivity index (χ3v) is 4.85. The highest BCUT2D eigenvalue weighted by molar-refractivity contribution is 7.99. The van der Waals surface area contributed by atoms with E-state index in [4.69, 9.17) is 4.74 Å². The number of thioether (sulfide) groups is 1. The lowest BCUT2D eigenvalue weighted by atomic mass is 10.0. The molecule has 0 aliphatic carbocycles. The van der Waals surface area contributed by atoms with Crippen LogP contribution in [0.25, 0.3) is 0 Å². The molecule has 1 heterocycles. The van der Waals surface area contributed by atoms with Crippen molar-refractivity contribution in [1.82, 2.24) is 5.32 Å². The number of fused-ring (bicyclic) bond motifs is 1. The van der Waals surface area contributed by atoms with Crippen LogP contribution in [0.15, 0.2) is 47.4 Å². The molecule has 1 aliphatic heterocycles. The molecule has 2 aromatic rings. The van der Waals surface area contributed by atoms with Gasteiger partial charge in [0.05, 0.1) is 6.61 Å². The second-order valence-electron chi connectivity index (χ2n) is 5.02. The number of halogens is 1. The molecule has 2 aromatic carbocycles. The van der Waals surface area contributed by atoms with Gasteiger partial charge in [0.25, 0.3) is 0 Å². The quantitative estimate of drug-likeness (QED) is 0.849. The van der Waals surface area contributed by atoms with E-state index >= 15 is 0 Å². The van der Waals surface area contributed by atoms with Crippen LogP contribution in [0.4, 0.5) is 4.39 Å². The fraction of sp³-hybridized carbons (Fsp3) is 0.294. The second-order valence-corrected chi connectivity index (χ2v) is 6.08. The first-order valence-corrected chi connectivity index (χ1v) is 8.07. The summed E-state index contributed by atoms with van der Waals surface area (Å²) >= 11 is 1.53. The van der Waals surface area contributed by atoms with Gasteiger partial charge < -0.3 is 10.1 Å². The van der Waals surface area contributed by atoms with Crippen molar-refractivity contribution >= 4 is 11.8 Å². The summed E-state index contributed by atoms with van der Waals surface area (Å²) in [6, 6.07) is 13.3. The van der Waals surface area contributed by atoms with Crippen molar-refractivity contribution in [2.24, 2.45) is 0 Å². The van der Waals surface area contributed by atoms with E-state index in [2.05, 4.69) is 23.5 Å². The molecule has 0 saturated heterocycles. The molecule has 110 valence electrons. The van der Waals surface area contributed by atoms with Gasteiger partial charge in [-0.25, -0.2) is 4.39 Å². The minimum atomic E-state index is -0.160.